The van der Waals surface area contributed by atoms with Crippen molar-refractivity contribution in [3.8, 4) is 0 Å². The van der Waals surface area contributed by atoms with E-state index in [2.05, 4.69) is 6.08 Å². The van der Waals surface area contributed by atoms with E-state index in [0.717, 1.165) is 24.8 Å². The minimum absolute atomic E-state index is 0.0683. The lowest BCUT2D eigenvalue weighted by Gasteiger charge is -2.14. The minimum Gasteiger partial charge on any atom is -0.383 e. The molecular formula is C12H21NO2. The van der Waals surface area contributed by atoms with Gasteiger partial charge in [0.1, 0.15) is 0 Å². The summed E-state index contributed by atoms with van der Waals surface area (Å²) in [6, 6.07) is -0.485. The molecule has 3 heteroatoms. The fourth-order valence-corrected chi connectivity index (χ4v) is 1.91. The summed E-state index contributed by atoms with van der Waals surface area (Å²) in [7, 11) is 1.57. The lowest BCUT2D eigenvalue weighted by atomic mass is 9.95. The van der Waals surface area contributed by atoms with Gasteiger partial charge < -0.3 is 10.5 Å². The molecule has 0 radical (unpaired) electrons. The molecule has 0 aromatic rings. The molecule has 1 rings (SSSR count). The number of carbonyl (C=O) groups is 1. The van der Waals surface area contributed by atoms with E-state index in [4.69, 9.17) is 10.5 Å². The summed E-state index contributed by atoms with van der Waals surface area (Å²) in [4.78, 5) is 11.9. The first-order valence-electron chi connectivity index (χ1n) is 5.73. The van der Waals surface area contributed by atoms with Crippen LogP contribution in [0.4, 0.5) is 0 Å². The van der Waals surface area contributed by atoms with Crippen LogP contribution < -0.4 is 5.73 Å². The van der Waals surface area contributed by atoms with Crippen molar-refractivity contribution in [1.29, 1.82) is 0 Å². The summed E-state index contributed by atoms with van der Waals surface area (Å²) in [5.74, 6) is 0.0683. The van der Waals surface area contributed by atoms with E-state index in [1.165, 1.54) is 19.3 Å². The minimum atomic E-state index is -0.485. The third-order valence-corrected chi connectivity index (χ3v) is 2.79. The molecule has 86 valence electrons. The van der Waals surface area contributed by atoms with Crippen LogP contribution in [0.2, 0.25) is 0 Å². The monoisotopic (exact) mass is 211 g/mol. The van der Waals surface area contributed by atoms with Crippen LogP contribution in [-0.4, -0.2) is 25.5 Å². The Labute approximate surface area is 91.7 Å². The van der Waals surface area contributed by atoms with Crippen LogP contribution in [-0.2, 0) is 9.53 Å². The van der Waals surface area contributed by atoms with E-state index in [0.29, 0.717) is 6.61 Å². The average molecular weight is 211 g/mol. The summed E-state index contributed by atoms with van der Waals surface area (Å²) in [5.41, 5.74) is 6.65. The Morgan fingerprint density at radius 2 is 2.20 bits per heavy atom. The molecule has 0 aliphatic heterocycles. The van der Waals surface area contributed by atoms with E-state index in [1.54, 1.807) is 7.11 Å². The van der Waals surface area contributed by atoms with Crippen LogP contribution in [0.3, 0.4) is 0 Å². The Bertz CT molecular complexity index is 236. The van der Waals surface area contributed by atoms with Crippen molar-refractivity contribution >= 4 is 5.78 Å². The smallest absolute Gasteiger partial charge is 0.177 e. The second kappa shape index (κ2) is 6.75. The zero-order valence-electron chi connectivity index (χ0n) is 9.50. The summed E-state index contributed by atoms with van der Waals surface area (Å²) in [6.07, 6.45) is 8.77. The maximum atomic E-state index is 11.9. The molecule has 0 fully saturated rings. The van der Waals surface area contributed by atoms with Crippen molar-refractivity contribution in [1.82, 2.24) is 0 Å². The largest absolute Gasteiger partial charge is 0.383 e. The first-order chi connectivity index (χ1) is 7.25. The number of hydrogen-bond donors (Lipinski definition) is 1. The third kappa shape index (κ3) is 4.14. The van der Waals surface area contributed by atoms with Gasteiger partial charge in [0.15, 0.2) is 5.78 Å². The van der Waals surface area contributed by atoms with E-state index in [9.17, 15) is 4.79 Å². The molecule has 0 saturated carbocycles. The Morgan fingerprint density at radius 3 is 2.93 bits per heavy atom. The second-order valence-corrected chi connectivity index (χ2v) is 4.11. The van der Waals surface area contributed by atoms with E-state index in [-0.39, 0.29) is 5.78 Å². The van der Waals surface area contributed by atoms with Crippen molar-refractivity contribution in [2.45, 2.75) is 44.6 Å². The molecular weight excluding hydrogens is 190 g/mol. The predicted octanol–water partition coefficient (Wildman–Crippen LogP) is 1.81. The number of ether oxygens (including phenoxy) is 1. The molecule has 1 aliphatic carbocycles. The molecule has 1 atom stereocenters. The van der Waals surface area contributed by atoms with Gasteiger partial charge in [0.05, 0.1) is 12.6 Å². The summed E-state index contributed by atoms with van der Waals surface area (Å²) in [5, 5.41) is 0. The Kier molecular flexibility index (Phi) is 5.58. The van der Waals surface area contributed by atoms with Gasteiger partial charge in [-0.3, -0.25) is 4.79 Å². The van der Waals surface area contributed by atoms with Crippen molar-refractivity contribution in [3.63, 3.8) is 0 Å². The number of nitrogens with two attached hydrogens (primary N) is 1. The van der Waals surface area contributed by atoms with Crippen LogP contribution >= 0.6 is 0 Å². The van der Waals surface area contributed by atoms with Gasteiger partial charge in [-0.15, -0.1) is 0 Å². The molecule has 0 heterocycles. The number of hydrogen-bond acceptors (Lipinski definition) is 3. The maximum Gasteiger partial charge on any atom is 0.177 e. The Morgan fingerprint density at radius 1 is 1.47 bits per heavy atom. The van der Waals surface area contributed by atoms with E-state index in [1.807, 2.05) is 0 Å². The molecule has 15 heavy (non-hydrogen) atoms. The standard InChI is InChI=1S/C12H21NO2/c1-15-9-11(13)12(14)10-7-5-3-2-4-6-8-10/h7,11H,2-6,8-9,13H2,1H3. The van der Waals surface area contributed by atoms with Gasteiger partial charge in [-0.05, 0) is 31.3 Å². The highest BCUT2D eigenvalue weighted by atomic mass is 16.5. The van der Waals surface area contributed by atoms with Gasteiger partial charge >= 0.3 is 0 Å². The van der Waals surface area contributed by atoms with Crippen LogP contribution in [0.5, 0.6) is 0 Å². The number of carbonyl (C=O) groups excluding carboxylic acids is 1. The van der Waals surface area contributed by atoms with Crippen molar-refractivity contribution in [2.24, 2.45) is 5.73 Å². The van der Waals surface area contributed by atoms with Crippen LogP contribution in [0.15, 0.2) is 11.6 Å². The van der Waals surface area contributed by atoms with Crippen LogP contribution in [0.25, 0.3) is 0 Å². The van der Waals surface area contributed by atoms with Gasteiger partial charge in [0.25, 0.3) is 0 Å². The number of methoxy groups -OCH3 is 1. The molecule has 0 aromatic carbocycles. The van der Waals surface area contributed by atoms with Crippen LogP contribution in [0.1, 0.15) is 38.5 Å². The van der Waals surface area contributed by atoms with Gasteiger partial charge in [-0.1, -0.05) is 18.9 Å². The van der Waals surface area contributed by atoms with Crippen molar-refractivity contribution in [3.05, 3.63) is 11.6 Å². The molecule has 3 nitrogen and oxygen atoms in total. The van der Waals surface area contributed by atoms with Gasteiger partial charge in [0.2, 0.25) is 0 Å². The summed E-state index contributed by atoms with van der Waals surface area (Å²) < 4.78 is 4.90. The number of allylic oxidation sites excluding steroid dienone is 1. The normalized spacial score (nSPS) is 20.0. The second-order valence-electron chi connectivity index (χ2n) is 4.11. The molecule has 1 unspecified atom stereocenters. The van der Waals surface area contributed by atoms with Crippen LogP contribution in [0, 0.1) is 0 Å². The molecule has 0 aromatic heterocycles. The van der Waals surface area contributed by atoms with E-state index < -0.39 is 6.04 Å². The van der Waals surface area contributed by atoms with Crippen molar-refractivity contribution < 1.29 is 9.53 Å². The zero-order chi connectivity index (χ0) is 11.1. The highest BCUT2D eigenvalue weighted by molar-refractivity contribution is 5.99. The fraction of sp³-hybridized carbons (Fsp3) is 0.750. The highest BCUT2D eigenvalue weighted by Crippen LogP contribution is 2.18. The molecule has 0 spiro atoms. The first kappa shape index (κ1) is 12.4. The van der Waals surface area contributed by atoms with E-state index >= 15 is 0 Å². The molecule has 2 N–H and O–H groups in total. The third-order valence-electron chi connectivity index (χ3n) is 2.79. The Hall–Kier alpha value is -0.670. The molecule has 0 amide bonds. The highest BCUT2D eigenvalue weighted by Gasteiger charge is 2.18. The fourth-order valence-electron chi connectivity index (χ4n) is 1.91. The van der Waals surface area contributed by atoms with Gasteiger partial charge in [-0.25, -0.2) is 0 Å². The number of Topliss-reactive ketones (excluding diaryl/α,β-unsaturated/α-hetero) is 1. The maximum absolute atomic E-state index is 11.9. The summed E-state index contributed by atoms with van der Waals surface area (Å²) >= 11 is 0. The molecule has 0 bridgehead atoms. The first-order valence-corrected chi connectivity index (χ1v) is 5.73. The molecule has 1 aliphatic rings. The van der Waals surface area contributed by atoms with Gasteiger partial charge in [-0.2, -0.15) is 0 Å². The molecule has 0 saturated heterocycles. The SMILES string of the molecule is COCC(N)C(=O)C1=CCCCCCC1. The number of ketones is 1. The Balaban J connectivity index is 2.55. The lowest BCUT2D eigenvalue weighted by Crippen LogP contribution is -2.36. The number of rotatable bonds is 4. The summed E-state index contributed by atoms with van der Waals surface area (Å²) in [6.45, 7) is 0.316. The lowest BCUT2D eigenvalue weighted by molar-refractivity contribution is -0.118. The van der Waals surface area contributed by atoms with Gasteiger partial charge in [0, 0.05) is 7.11 Å². The predicted molar refractivity (Wildman–Crippen MR) is 60.6 cm³/mol. The zero-order valence-corrected chi connectivity index (χ0v) is 9.50. The quantitative estimate of drug-likeness (QED) is 0.771. The topological polar surface area (TPSA) is 52.3 Å². The average Bonchev–Trinajstić information content (AvgIpc) is 2.16. The van der Waals surface area contributed by atoms with Crippen molar-refractivity contribution in [2.75, 3.05) is 13.7 Å².